The van der Waals surface area contributed by atoms with Crippen LogP contribution in [0.1, 0.15) is 66.7 Å². The third-order valence-corrected chi connectivity index (χ3v) is 6.75. The summed E-state index contributed by atoms with van der Waals surface area (Å²) in [6.45, 7) is 7.97. The Morgan fingerprint density at radius 3 is 1.90 bits per heavy atom. The molecule has 1 aliphatic rings. The van der Waals surface area contributed by atoms with E-state index in [0.717, 1.165) is 0 Å². The number of nitrogens with two attached hydrogens (primary N) is 1. The van der Waals surface area contributed by atoms with E-state index in [0.29, 0.717) is 12.8 Å². The third kappa shape index (κ3) is 11.2. The number of hydrogen-bond acceptors (Lipinski definition) is 9. The largest absolute Gasteiger partial charge is 0.481 e. The first-order valence-electron chi connectivity index (χ1n) is 13.9. The Morgan fingerprint density at radius 2 is 1.38 bits per heavy atom. The first-order valence-corrected chi connectivity index (χ1v) is 13.9. The number of amides is 5. The van der Waals surface area contributed by atoms with E-state index in [1.807, 2.05) is 13.8 Å². The van der Waals surface area contributed by atoms with Gasteiger partial charge in [-0.2, -0.15) is 0 Å². The van der Waals surface area contributed by atoms with Crippen molar-refractivity contribution < 1.29 is 48.9 Å². The van der Waals surface area contributed by atoms with Gasteiger partial charge in [0.25, 0.3) is 0 Å². The molecule has 0 bridgehead atoms. The zero-order chi connectivity index (χ0) is 32.3. The molecule has 0 aromatic heterocycles. The fraction of sp³-hybridized carbons (Fsp3) is 0.731. The van der Waals surface area contributed by atoms with Crippen LogP contribution in [-0.4, -0.2) is 111 Å². The number of nitrogens with zero attached hydrogens (tertiary/aromatic N) is 1. The highest BCUT2D eigenvalue weighted by Crippen LogP contribution is 2.21. The van der Waals surface area contributed by atoms with Gasteiger partial charge in [-0.3, -0.25) is 28.8 Å². The van der Waals surface area contributed by atoms with Gasteiger partial charge in [0.15, 0.2) is 0 Å². The van der Waals surface area contributed by atoms with Gasteiger partial charge < -0.3 is 47.2 Å². The Balaban J connectivity index is 2.83. The highest BCUT2D eigenvalue weighted by Gasteiger charge is 2.39. The van der Waals surface area contributed by atoms with Crippen molar-refractivity contribution in [3.8, 4) is 0 Å². The Kier molecular flexibility index (Phi) is 14.3. The van der Waals surface area contributed by atoms with E-state index in [4.69, 9.17) is 10.8 Å². The molecule has 0 radical (unpaired) electrons. The summed E-state index contributed by atoms with van der Waals surface area (Å²) >= 11 is 0. The van der Waals surface area contributed by atoms with E-state index >= 15 is 0 Å². The Labute approximate surface area is 244 Å². The zero-order valence-corrected chi connectivity index (χ0v) is 24.6. The van der Waals surface area contributed by atoms with Gasteiger partial charge in [0.2, 0.25) is 29.5 Å². The SMILES string of the molecule is CC(C)C[C@H](NC(=O)[C@@H](N)[C@@H](C)O)C(=O)N1CCC[C@H]1C(=O)N[C@@H](C)C(=O)N[C@@H](C)C(=O)N[C@@H](CCC(=O)O)C(=O)O. The maximum Gasteiger partial charge on any atom is 0.326 e. The van der Waals surface area contributed by atoms with Crippen LogP contribution in [0.25, 0.3) is 0 Å². The van der Waals surface area contributed by atoms with Crippen molar-refractivity contribution in [1.82, 2.24) is 26.2 Å². The summed E-state index contributed by atoms with van der Waals surface area (Å²) in [5.74, 6) is -6.09. The smallest absolute Gasteiger partial charge is 0.326 e. The van der Waals surface area contributed by atoms with E-state index in [9.17, 15) is 43.8 Å². The predicted octanol–water partition coefficient (Wildman–Crippen LogP) is -2.34. The number of carboxylic acid groups (broad SMARTS) is 2. The molecule has 1 heterocycles. The molecule has 0 spiro atoms. The molecule has 16 heteroatoms. The lowest BCUT2D eigenvalue weighted by molar-refractivity contribution is -0.143. The number of carbonyl (C=O) groups is 7. The summed E-state index contributed by atoms with van der Waals surface area (Å²) in [5, 5.41) is 37.2. The molecule has 16 nitrogen and oxygen atoms in total. The Hall–Kier alpha value is -3.79. The second kappa shape index (κ2) is 16.6. The van der Waals surface area contributed by atoms with Gasteiger partial charge in [0.05, 0.1) is 6.10 Å². The molecule has 0 unspecified atom stereocenters. The normalized spacial score (nSPS) is 19.0. The van der Waals surface area contributed by atoms with Crippen LogP contribution in [0.2, 0.25) is 0 Å². The van der Waals surface area contributed by atoms with Crippen molar-refractivity contribution in [3.05, 3.63) is 0 Å². The first kappa shape index (κ1) is 36.2. The molecule has 238 valence electrons. The fourth-order valence-corrected chi connectivity index (χ4v) is 4.28. The highest BCUT2D eigenvalue weighted by atomic mass is 16.4. The van der Waals surface area contributed by atoms with Crippen LogP contribution in [0.15, 0.2) is 0 Å². The lowest BCUT2D eigenvalue weighted by atomic mass is 10.0. The maximum absolute atomic E-state index is 13.4. The van der Waals surface area contributed by atoms with Gasteiger partial charge in [0, 0.05) is 13.0 Å². The minimum absolute atomic E-state index is 0.00256. The Bertz CT molecular complexity index is 1020. The number of nitrogens with one attached hydrogen (secondary N) is 4. The van der Waals surface area contributed by atoms with E-state index in [1.165, 1.54) is 25.7 Å². The summed E-state index contributed by atoms with van der Waals surface area (Å²) in [7, 11) is 0. The molecule has 1 fully saturated rings. The summed E-state index contributed by atoms with van der Waals surface area (Å²) in [5.41, 5.74) is 5.70. The standard InChI is InChI=1S/C26H44N6O10/c1-12(2)11-17(31-24(39)20(27)15(5)33)25(40)32-10-6-7-18(32)23(38)29-13(3)21(36)28-14(4)22(37)30-16(26(41)42)8-9-19(34)35/h12-18,20,33H,6-11,27H2,1-5H3,(H,28,36)(H,29,38)(H,30,37)(H,31,39)(H,34,35)(H,41,42)/t13-,14-,15+,16-,17-,18-,20-/m0/s1. The first-order chi connectivity index (χ1) is 19.5. The number of hydrogen-bond donors (Lipinski definition) is 8. The van der Waals surface area contributed by atoms with Gasteiger partial charge in [-0.15, -0.1) is 0 Å². The molecular weight excluding hydrogens is 556 g/mol. The summed E-state index contributed by atoms with van der Waals surface area (Å²) in [6, 6.07) is -6.96. The fourth-order valence-electron chi connectivity index (χ4n) is 4.28. The van der Waals surface area contributed by atoms with Crippen LogP contribution in [0.5, 0.6) is 0 Å². The van der Waals surface area contributed by atoms with E-state index < -0.39 is 90.3 Å². The van der Waals surface area contributed by atoms with E-state index in [2.05, 4.69) is 21.3 Å². The molecule has 5 amide bonds. The molecule has 42 heavy (non-hydrogen) atoms. The average Bonchev–Trinajstić information content (AvgIpc) is 3.38. The number of aliphatic carboxylic acids is 2. The number of carboxylic acids is 2. The minimum Gasteiger partial charge on any atom is -0.481 e. The van der Waals surface area contributed by atoms with Crippen molar-refractivity contribution in [2.24, 2.45) is 11.7 Å². The van der Waals surface area contributed by atoms with Crippen molar-refractivity contribution >= 4 is 41.5 Å². The average molecular weight is 601 g/mol. The van der Waals surface area contributed by atoms with Crippen molar-refractivity contribution in [2.45, 2.75) is 109 Å². The predicted molar refractivity (Wildman–Crippen MR) is 147 cm³/mol. The molecule has 7 atom stereocenters. The second-order valence-corrected chi connectivity index (χ2v) is 10.9. The van der Waals surface area contributed by atoms with Crippen LogP contribution in [0.3, 0.4) is 0 Å². The zero-order valence-electron chi connectivity index (χ0n) is 24.6. The second-order valence-electron chi connectivity index (χ2n) is 10.9. The molecule has 0 saturated carbocycles. The van der Waals surface area contributed by atoms with Crippen LogP contribution in [0.4, 0.5) is 0 Å². The number of carbonyl (C=O) groups excluding carboxylic acids is 5. The van der Waals surface area contributed by atoms with Gasteiger partial charge in [-0.25, -0.2) is 4.79 Å². The van der Waals surface area contributed by atoms with Crippen molar-refractivity contribution in [1.29, 1.82) is 0 Å². The molecule has 9 N–H and O–H groups in total. The lowest BCUT2D eigenvalue weighted by Gasteiger charge is -2.31. The third-order valence-electron chi connectivity index (χ3n) is 6.75. The number of likely N-dealkylation sites (tertiary alicyclic amines) is 1. The minimum atomic E-state index is -1.47. The molecule has 0 aliphatic carbocycles. The maximum atomic E-state index is 13.4. The Morgan fingerprint density at radius 1 is 0.833 bits per heavy atom. The van der Waals surface area contributed by atoms with Gasteiger partial charge >= 0.3 is 11.9 Å². The monoisotopic (exact) mass is 600 g/mol. The van der Waals surface area contributed by atoms with Gasteiger partial charge in [-0.1, -0.05) is 13.8 Å². The number of aliphatic hydroxyl groups excluding tert-OH is 1. The van der Waals surface area contributed by atoms with E-state index in [1.54, 1.807) is 0 Å². The number of rotatable bonds is 16. The lowest BCUT2D eigenvalue weighted by Crippen LogP contribution is -2.58. The number of aliphatic hydroxyl groups is 1. The molecule has 1 aliphatic heterocycles. The molecule has 0 aromatic rings. The van der Waals surface area contributed by atoms with Gasteiger partial charge in [-0.05, 0) is 52.4 Å². The topological polar surface area (TPSA) is 258 Å². The van der Waals surface area contributed by atoms with Crippen molar-refractivity contribution in [3.63, 3.8) is 0 Å². The summed E-state index contributed by atoms with van der Waals surface area (Å²) in [6.07, 6.45) is -0.893. The van der Waals surface area contributed by atoms with E-state index in [-0.39, 0.29) is 25.3 Å². The van der Waals surface area contributed by atoms with Crippen molar-refractivity contribution in [2.75, 3.05) is 6.54 Å². The molecule has 1 rings (SSSR count). The molecule has 0 aromatic carbocycles. The van der Waals surface area contributed by atoms with Crippen LogP contribution >= 0.6 is 0 Å². The van der Waals surface area contributed by atoms with Crippen LogP contribution in [-0.2, 0) is 33.6 Å². The summed E-state index contributed by atoms with van der Waals surface area (Å²) < 4.78 is 0. The van der Waals surface area contributed by atoms with Crippen LogP contribution < -0.4 is 27.0 Å². The summed E-state index contributed by atoms with van der Waals surface area (Å²) in [4.78, 5) is 87.4. The molecular formula is C26H44N6O10. The molecule has 1 saturated heterocycles. The van der Waals surface area contributed by atoms with Gasteiger partial charge in [0.1, 0.15) is 36.3 Å². The van der Waals surface area contributed by atoms with Crippen LogP contribution in [0, 0.1) is 5.92 Å². The quantitative estimate of drug-likeness (QED) is 0.0931. The highest BCUT2D eigenvalue weighted by molar-refractivity contribution is 5.96.